The van der Waals surface area contributed by atoms with E-state index >= 15 is 0 Å². The number of hydrogen-bond donors (Lipinski definition) is 1. The summed E-state index contributed by atoms with van der Waals surface area (Å²) in [6, 6.07) is 11.6. The summed E-state index contributed by atoms with van der Waals surface area (Å²) in [6.45, 7) is 1.43. The van der Waals surface area contributed by atoms with Crippen LogP contribution in [-0.4, -0.2) is 25.1 Å². The first kappa shape index (κ1) is 18.7. The molecule has 1 aromatic carbocycles. The fourth-order valence-corrected chi connectivity index (χ4v) is 3.09. The second-order valence-corrected chi connectivity index (χ2v) is 6.60. The number of benzene rings is 1. The average Bonchev–Trinajstić information content (AvgIpc) is 3.24. The minimum Gasteiger partial charge on any atom is -0.325 e. The molecule has 148 valence electrons. The normalized spacial score (nSPS) is 11.8. The molecule has 1 N–H and O–H groups in total. The molecule has 0 saturated heterocycles. The Morgan fingerprint density at radius 1 is 1.00 bits per heavy atom. The third kappa shape index (κ3) is 3.71. The van der Waals surface area contributed by atoms with Crippen molar-refractivity contribution in [2.45, 2.75) is 13.1 Å². The summed E-state index contributed by atoms with van der Waals surface area (Å²) in [5.41, 5.74) is 2.90. The van der Waals surface area contributed by atoms with Crippen molar-refractivity contribution in [3.8, 4) is 22.5 Å². The van der Waals surface area contributed by atoms with Crippen molar-refractivity contribution in [2.75, 3.05) is 5.32 Å². The Balaban J connectivity index is 1.63. The van der Waals surface area contributed by atoms with Crippen LogP contribution < -0.4 is 5.32 Å². The van der Waals surface area contributed by atoms with E-state index in [-0.39, 0.29) is 11.6 Å². The zero-order valence-corrected chi connectivity index (χ0v) is 15.5. The molecule has 0 unspecified atom stereocenters. The maximum atomic E-state index is 13.0. The van der Waals surface area contributed by atoms with Gasteiger partial charge in [0.15, 0.2) is 0 Å². The van der Waals surface area contributed by atoms with Crippen molar-refractivity contribution in [2.24, 2.45) is 7.05 Å². The number of fused-ring (bicyclic) bond motifs is 1. The van der Waals surface area contributed by atoms with E-state index in [1.807, 2.05) is 6.20 Å². The number of rotatable bonds is 3. The summed E-state index contributed by atoms with van der Waals surface area (Å²) >= 11 is 0. The number of amides is 1. The van der Waals surface area contributed by atoms with Gasteiger partial charge in [-0.2, -0.15) is 18.3 Å². The minimum absolute atomic E-state index is 0.163. The van der Waals surface area contributed by atoms with Crippen LogP contribution in [0.15, 0.2) is 54.9 Å². The molecule has 0 bridgehead atoms. The molecule has 0 aliphatic heterocycles. The van der Waals surface area contributed by atoms with Crippen molar-refractivity contribution >= 4 is 17.2 Å². The summed E-state index contributed by atoms with van der Waals surface area (Å²) in [5.74, 6) is -0.163. The predicted octanol–water partition coefficient (Wildman–Crippen LogP) is 4.38. The largest absolute Gasteiger partial charge is 0.433 e. The van der Waals surface area contributed by atoms with Crippen LogP contribution >= 0.6 is 0 Å². The Bertz CT molecular complexity index is 1210. The highest BCUT2D eigenvalue weighted by Crippen LogP contribution is 2.32. The summed E-state index contributed by atoms with van der Waals surface area (Å²) in [4.78, 5) is 15.7. The van der Waals surface area contributed by atoms with E-state index in [9.17, 15) is 18.0 Å². The van der Waals surface area contributed by atoms with Crippen molar-refractivity contribution in [1.82, 2.24) is 19.2 Å². The van der Waals surface area contributed by atoms with Crippen LogP contribution in [0.1, 0.15) is 12.6 Å². The van der Waals surface area contributed by atoms with Gasteiger partial charge in [-0.1, -0.05) is 24.3 Å². The van der Waals surface area contributed by atoms with E-state index in [4.69, 9.17) is 0 Å². The molecule has 4 aromatic rings. The number of imidazole rings is 1. The standard InChI is InChI=1S/C20H16F3N5O/c1-12(29)24-15-7-8-19-25-17(11-28(19)10-15)14-5-3-13(4-6-14)16-9-18(20(21,22)23)27(2)26-16/h3-11H,1-2H3,(H,24,29). The molecule has 9 heteroatoms. The van der Waals surface area contributed by atoms with Gasteiger partial charge in [0.1, 0.15) is 11.3 Å². The lowest BCUT2D eigenvalue weighted by molar-refractivity contribution is -0.143. The molecule has 0 fully saturated rings. The number of aryl methyl sites for hydroxylation is 1. The monoisotopic (exact) mass is 399 g/mol. The first-order valence-corrected chi connectivity index (χ1v) is 8.69. The molecule has 0 saturated carbocycles. The minimum atomic E-state index is -4.45. The van der Waals surface area contributed by atoms with Crippen molar-refractivity contribution < 1.29 is 18.0 Å². The van der Waals surface area contributed by atoms with Gasteiger partial charge in [-0.3, -0.25) is 9.48 Å². The number of nitrogens with zero attached hydrogens (tertiary/aromatic N) is 4. The number of carbonyl (C=O) groups is 1. The summed E-state index contributed by atoms with van der Waals surface area (Å²) in [7, 11) is 1.27. The van der Waals surface area contributed by atoms with Crippen molar-refractivity contribution in [3.63, 3.8) is 0 Å². The Morgan fingerprint density at radius 3 is 2.24 bits per heavy atom. The first-order valence-electron chi connectivity index (χ1n) is 8.69. The SMILES string of the molecule is CC(=O)Nc1ccc2nc(-c3ccc(-c4cc(C(F)(F)F)n(C)n4)cc3)cn2c1. The Hall–Kier alpha value is -3.62. The molecule has 4 rings (SSSR count). The number of carbonyl (C=O) groups excluding carboxylic acids is 1. The van der Waals surface area contributed by atoms with E-state index in [1.54, 1.807) is 47.0 Å². The molecule has 0 atom stereocenters. The van der Waals surface area contributed by atoms with Gasteiger partial charge >= 0.3 is 6.18 Å². The third-order valence-electron chi connectivity index (χ3n) is 4.42. The quantitative estimate of drug-likeness (QED) is 0.556. The van der Waals surface area contributed by atoms with Gasteiger partial charge in [-0.15, -0.1) is 0 Å². The Morgan fingerprint density at radius 2 is 1.66 bits per heavy atom. The average molecular weight is 399 g/mol. The Labute approximate surface area is 163 Å². The van der Waals surface area contributed by atoms with Gasteiger partial charge in [-0.25, -0.2) is 4.98 Å². The van der Waals surface area contributed by atoms with Crippen LogP contribution in [0.25, 0.3) is 28.2 Å². The van der Waals surface area contributed by atoms with E-state index in [2.05, 4.69) is 15.4 Å². The van der Waals surface area contributed by atoms with Gasteiger partial charge in [0.2, 0.25) is 5.91 Å². The second kappa shape index (κ2) is 6.77. The highest BCUT2D eigenvalue weighted by molar-refractivity contribution is 5.88. The highest BCUT2D eigenvalue weighted by Gasteiger charge is 2.35. The number of aromatic nitrogens is 4. The molecule has 0 radical (unpaired) electrons. The fraction of sp³-hybridized carbons (Fsp3) is 0.150. The summed E-state index contributed by atoms with van der Waals surface area (Å²) in [6.07, 6.45) is -0.876. The number of anilines is 1. The number of alkyl halides is 3. The first-order chi connectivity index (χ1) is 13.7. The molecule has 0 spiro atoms. The third-order valence-corrected chi connectivity index (χ3v) is 4.42. The molecule has 29 heavy (non-hydrogen) atoms. The zero-order chi connectivity index (χ0) is 20.8. The van der Waals surface area contributed by atoms with E-state index in [0.29, 0.717) is 22.6 Å². The molecule has 0 aliphatic rings. The smallest absolute Gasteiger partial charge is 0.325 e. The second-order valence-electron chi connectivity index (χ2n) is 6.60. The zero-order valence-electron chi connectivity index (χ0n) is 15.5. The van der Waals surface area contributed by atoms with Gasteiger partial charge < -0.3 is 9.72 Å². The molecule has 3 heterocycles. The topological polar surface area (TPSA) is 64.2 Å². The number of hydrogen-bond acceptors (Lipinski definition) is 3. The lowest BCUT2D eigenvalue weighted by Gasteiger charge is -2.04. The van der Waals surface area contributed by atoms with Crippen LogP contribution in [0.3, 0.4) is 0 Å². The van der Waals surface area contributed by atoms with E-state index in [0.717, 1.165) is 16.3 Å². The van der Waals surface area contributed by atoms with Gasteiger partial charge in [0, 0.05) is 37.5 Å². The van der Waals surface area contributed by atoms with Gasteiger partial charge in [-0.05, 0) is 18.2 Å². The molecule has 3 aromatic heterocycles. The maximum absolute atomic E-state index is 13.0. The summed E-state index contributed by atoms with van der Waals surface area (Å²) < 4.78 is 41.5. The van der Waals surface area contributed by atoms with Crippen LogP contribution in [-0.2, 0) is 18.0 Å². The lowest BCUT2D eigenvalue weighted by atomic mass is 10.1. The fourth-order valence-electron chi connectivity index (χ4n) is 3.09. The van der Waals surface area contributed by atoms with Gasteiger partial charge in [0.25, 0.3) is 0 Å². The number of pyridine rings is 1. The van der Waals surface area contributed by atoms with Crippen LogP contribution in [0, 0.1) is 0 Å². The number of nitrogens with one attached hydrogen (secondary N) is 1. The van der Waals surface area contributed by atoms with Gasteiger partial charge in [0.05, 0.1) is 17.1 Å². The highest BCUT2D eigenvalue weighted by atomic mass is 19.4. The predicted molar refractivity (Wildman–Crippen MR) is 102 cm³/mol. The van der Waals surface area contributed by atoms with Crippen LogP contribution in [0.4, 0.5) is 18.9 Å². The van der Waals surface area contributed by atoms with Crippen LogP contribution in [0.5, 0.6) is 0 Å². The Kier molecular flexibility index (Phi) is 4.37. The van der Waals surface area contributed by atoms with Crippen molar-refractivity contribution in [3.05, 3.63) is 60.6 Å². The maximum Gasteiger partial charge on any atom is 0.433 e. The molecule has 6 nitrogen and oxygen atoms in total. The number of halogens is 3. The lowest BCUT2D eigenvalue weighted by Crippen LogP contribution is -2.11. The summed E-state index contributed by atoms with van der Waals surface area (Å²) in [5, 5.41) is 6.67. The van der Waals surface area contributed by atoms with Crippen molar-refractivity contribution in [1.29, 1.82) is 0 Å². The molecule has 0 aliphatic carbocycles. The molecule has 1 amide bonds. The van der Waals surface area contributed by atoms with E-state index in [1.165, 1.54) is 14.0 Å². The molecular weight excluding hydrogens is 383 g/mol. The van der Waals surface area contributed by atoms with E-state index < -0.39 is 11.9 Å². The van der Waals surface area contributed by atoms with Crippen LogP contribution in [0.2, 0.25) is 0 Å². The molecular formula is C20H16F3N5O.